The largest absolute Gasteiger partial charge is 0.490 e. The summed E-state index contributed by atoms with van der Waals surface area (Å²) in [5.41, 5.74) is 6.91. The SMILES string of the molecule is CC(C)(O)COc1ccc2c(C(=O)NC3CCC(Oc4cc(-n5ccnc5)ccc4C(N)=O)CC3)cnn2c1. The second-order valence-corrected chi connectivity index (χ2v) is 10.4. The Bertz CT molecular complexity index is 1470. The van der Waals surface area contributed by atoms with Crippen LogP contribution in [0.15, 0.2) is 61.4 Å². The predicted octanol–water partition coefficient (Wildman–Crippen LogP) is 2.89. The number of hydrogen-bond acceptors (Lipinski definition) is 7. The van der Waals surface area contributed by atoms with Crippen LogP contribution in [0.4, 0.5) is 0 Å². The lowest BCUT2D eigenvalue weighted by Gasteiger charge is -2.30. The summed E-state index contributed by atoms with van der Waals surface area (Å²) in [7, 11) is 0. The molecule has 1 fully saturated rings. The number of ether oxygens (including phenoxy) is 2. The minimum atomic E-state index is -0.956. The van der Waals surface area contributed by atoms with E-state index >= 15 is 0 Å². The fourth-order valence-electron chi connectivity index (χ4n) is 4.64. The van der Waals surface area contributed by atoms with Crippen LogP contribution in [0.25, 0.3) is 11.2 Å². The van der Waals surface area contributed by atoms with Crippen molar-refractivity contribution in [1.29, 1.82) is 0 Å². The number of nitrogens with one attached hydrogen (secondary N) is 1. The number of aromatic nitrogens is 4. The molecular weight excluding hydrogens is 500 g/mol. The first-order chi connectivity index (χ1) is 18.7. The molecule has 11 heteroatoms. The van der Waals surface area contributed by atoms with Gasteiger partial charge in [0.15, 0.2) is 0 Å². The highest BCUT2D eigenvalue weighted by Gasteiger charge is 2.26. The minimum absolute atomic E-state index is 0.00501. The number of benzene rings is 1. The normalized spacial score (nSPS) is 17.6. The summed E-state index contributed by atoms with van der Waals surface area (Å²) in [6.07, 6.45) is 11.2. The van der Waals surface area contributed by atoms with E-state index in [-0.39, 0.29) is 24.7 Å². The van der Waals surface area contributed by atoms with Gasteiger partial charge in [-0.2, -0.15) is 5.10 Å². The van der Waals surface area contributed by atoms with Gasteiger partial charge in [-0.1, -0.05) is 0 Å². The van der Waals surface area contributed by atoms with Crippen LogP contribution in [-0.4, -0.2) is 60.4 Å². The van der Waals surface area contributed by atoms with Gasteiger partial charge < -0.3 is 30.2 Å². The van der Waals surface area contributed by atoms with Crippen LogP contribution < -0.4 is 20.5 Å². The van der Waals surface area contributed by atoms with Crippen molar-refractivity contribution in [3.8, 4) is 17.2 Å². The molecule has 5 rings (SSSR count). The molecule has 3 heterocycles. The van der Waals surface area contributed by atoms with Gasteiger partial charge in [0.2, 0.25) is 0 Å². The smallest absolute Gasteiger partial charge is 0.255 e. The molecule has 0 atom stereocenters. The third-order valence-electron chi connectivity index (χ3n) is 6.66. The molecule has 0 bridgehead atoms. The molecule has 2 amide bonds. The van der Waals surface area contributed by atoms with E-state index in [2.05, 4.69) is 15.4 Å². The van der Waals surface area contributed by atoms with Gasteiger partial charge in [-0.3, -0.25) is 9.59 Å². The molecule has 0 saturated heterocycles. The molecule has 4 aromatic rings. The number of amides is 2. The maximum absolute atomic E-state index is 13.1. The average molecular weight is 533 g/mol. The molecule has 204 valence electrons. The molecule has 1 aliphatic rings. The Hall–Kier alpha value is -4.38. The molecule has 39 heavy (non-hydrogen) atoms. The number of nitrogens with zero attached hydrogens (tertiary/aromatic N) is 4. The first-order valence-corrected chi connectivity index (χ1v) is 12.9. The Kier molecular flexibility index (Phi) is 7.25. The van der Waals surface area contributed by atoms with Crippen LogP contribution in [0.2, 0.25) is 0 Å². The number of carbonyl (C=O) groups excluding carboxylic acids is 2. The van der Waals surface area contributed by atoms with Crippen molar-refractivity contribution in [1.82, 2.24) is 24.5 Å². The number of carbonyl (C=O) groups is 2. The molecule has 0 aliphatic heterocycles. The van der Waals surface area contributed by atoms with Gasteiger partial charge in [-0.15, -0.1) is 0 Å². The first-order valence-electron chi connectivity index (χ1n) is 12.9. The van der Waals surface area contributed by atoms with E-state index < -0.39 is 11.5 Å². The van der Waals surface area contributed by atoms with Gasteiger partial charge in [0.05, 0.1) is 52.8 Å². The van der Waals surface area contributed by atoms with Crippen molar-refractivity contribution in [2.45, 2.75) is 57.3 Å². The summed E-state index contributed by atoms with van der Waals surface area (Å²) >= 11 is 0. The highest BCUT2D eigenvalue weighted by Crippen LogP contribution is 2.29. The van der Waals surface area contributed by atoms with Gasteiger partial charge >= 0.3 is 0 Å². The molecule has 1 saturated carbocycles. The zero-order valence-corrected chi connectivity index (χ0v) is 21.9. The summed E-state index contributed by atoms with van der Waals surface area (Å²) < 4.78 is 15.3. The Labute approximate surface area is 225 Å². The molecule has 0 unspecified atom stereocenters. The number of hydrogen-bond donors (Lipinski definition) is 3. The Morgan fingerprint density at radius 1 is 1.15 bits per heavy atom. The number of primary amides is 1. The van der Waals surface area contributed by atoms with Crippen LogP contribution in [-0.2, 0) is 0 Å². The summed E-state index contributed by atoms with van der Waals surface area (Å²) in [6.45, 7) is 3.47. The molecular formula is C28H32N6O5. The quantitative estimate of drug-likeness (QED) is 0.300. The number of imidazole rings is 1. The lowest BCUT2D eigenvalue weighted by atomic mass is 9.92. The highest BCUT2D eigenvalue weighted by molar-refractivity contribution is 6.00. The summed E-state index contributed by atoms with van der Waals surface area (Å²) in [5, 5.41) is 17.3. The van der Waals surface area contributed by atoms with Gasteiger partial charge in [0, 0.05) is 24.5 Å². The van der Waals surface area contributed by atoms with Crippen molar-refractivity contribution >= 4 is 17.3 Å². The van der Waals surface area contributed by atoms with E-state index in [1.165, 1.54) is 6.20 Å². The molecule has 0 radical (unpaired) electrons. The van der Waals surface area contributed by atoms with Crippen molar-refractivity contribution < 1.29 is 24.2 Å². The van der Waals surface area contributed by atoms with E-state index in [1.807, 2.05) is 10.8 Å². The third kappa shape index (κ3) is 6.20. The fraction of sp³-hybridized carbons (Fsp3) is 0.357. The second kappa shape index (κ2) is 10.8. The fourth-order valence-corrected chi connectivity index (χ4v) is 4.64. The van der Waals surface area contributed by atoms with Crippen molar-refractivity contribution in [3.05, 3.63) is 72.6 Å². The van der Waals surface area contributed by atoms with Gasteiger partial charge in [0.25, 0.3) is 11.8 Å². The molecule has 4 N–H and O–H groups in total. The molecule has 3 aromatic heterocycles. The van der Waals surface area contributed by atoms with Crippen molar-refractivity contribution in [2.24, 2.45) is 5.73 Å². The molecule has 1 aromatic carbocycles. The van der Waals surface area contributed by atoms with Crippen LogP contribution in [0.3, 0.4) is 0 Å². The lowest BCUT2D eigenvalue weighted by molar-refractivity contribution is 0.0283. The Morgan fingerprint density at radius 3 is 2.64 bits per heavy atom. The van der Waals surface area contributed by atoms with Crippen LogP contribution in [0.5, 0.6) is 11.5 Å². The number of fused-ring (bicyclic) bond motifs is 1. The van der Waals surface area contributed by atoms with Crippen molar-refractivity contribution in [2.75, 3.05) is 6.61 Å². The minimum Gasteiger partial charge on any atom is -0.490 e. The second-order valence-electron chi connectivity index (χ2n) is 10.4. The summed E-state index contributed by atoms with van der Waals surface area (Å²) in [4.78, 5) is 29.1. The third-order valence-corrected chi connectivity index (χ3v) is 6.66. The number of nitrogens with two attached hydrogens (primary N) is 1. The topological polar surface area (TPSA) is 146 Å². The van der Waals surface area contributed by atoms with Gasteiger partial charge in [0.1, 0.15) is 18.1 Å². The number of rotatable bonds is 9. The first kappa shape index (κ1) is 26.2. The molecule has 11 nitrogen and oxygen atoms in total. The van der Waals surface area contributed by atoms with Gasteiger partial charge in [-0.05, 0) is 63.8 Å². The van der Waals surface area contributed by atoms with Gasteiger partial charge in [-0.25, -0.2) is 9.50 Å². The standard InChI is InChI=1S/C28H32N6O5/c1-28(2,37)16-38-21-8-10-24-23(14-31-34(24)15-21)27(36)32-18-3-6-20(7-4-18)39-25-13-19(33-12-11-30-17-33)5-9-22(25)26(29)35/h5,8-15,17-18,20,37H,3-4,6-7,16H2,1-2H3,(H2,29,35)(H,32,36). The summed E-state index contributed by atoms with van der Waals surface area (Å²) in [5.74, 6) is 0.252. The Morgan fingerprint density at radius 2 is 1.95 bits per heavy atom. The zero-order valence-electron chi connectivity index (χ0n) is 21.9. The number of aliphatic hydroxyl groups is 1. The van der Waals surface area contributed by atoms with Crippen LogP contribution >= 0.6 is 0 Å². The van der Waals surface area contributed by atoms with E-state index in [4.69, 9.17) is 15.2 Å². The maximum Gasteiger partial charge on any atom is 0.255 e. The lowest BCUT2D eigenvalue weighted by Crippen LogP contribution is -2.39. The monoisotopic (exact) mass is 532 g/mol. The van der Waals surface area contributed by atoms with E-state index in [9.17, 15) is 14.7 Å². The van der Waals surface area contributed by atoms with E-state index in [1.54, 1.807) is 67.4 Å². The van der Waals surface area contributed by atoms with Crippen LogP contribution in [0.1, 0.15) is 60.2 Å². The maximum atomic E-state index is 13.1. The van der Waals surface area contributed by atoms with Crippen molar-refractivity contribution in [3.63, 3.8) is 0 Å². The predicted molar refractivity (Wildman–Crippen MR) is 143 cm³/mol. The van der Waals surface area contributed by atoms with E-state index in [0.717, 1.165) is 31.4 Å². The average Bonchev–Trinajstić information content (AvgIpc) is 3.58. The van der Waals surface area contributed by atoms with E-state index in [0.29, 0.717) is 28.1 Å². The zero-order chi connectivity index (χ0) is 27.6. The Balaban J connectivity index is 1.19. The molecule has 1 aliphatic carbocycles. The van der Waals surface area contributed by atoms with Crippen LogP contribution in [0, 0.1) is 0 Å². The summed E-state index contributed by atoms with van der Waals surface area (Å²) in [6, 6.07) is 8.78. The molecule has 0 spiro atoms. The number of pyridine rings is 1. The highest BCUT2D eigenvalue weighted by atomic mass is 16.5.